The molecule has 9 heteroatoms. The van der Waals surface area contributed by atoms with Crippen LogP contribution in [0.5, 0.6) is 0 Å². The molecular weight excluding hydrogens is 313 g/mol. The van der Waals surface area contributed by atoms with Crippen LogP contribution in [0.4, 0.5) is 22.8 Å². The van der Waals surface area contributed by atoms with E-state index in [1.165, 1.54) is 17.0 Å². The number of benzene rings is 1. The van der Waals surface area contributed by atoms with Crippen molar-refractivity contribution < 1.29 is 22.8 Å². The number of primary amides is 1. The number of nitrogens with two attached hydrogens (primary N) is 1. The molecule has 126 valence electrons. The fourth-order valence-corrected chi connectivity index (χ4v) is 1.71. The van der Waals surface area contributed by atoms with Gasteiger partial charge in [0.1, 0.15) is 0 Å². The number of carbonyl (C=O) groups excluding carboxylic acids is 2. The van der Waals surface area contributed by atoms with Gasteiger partial charge < -0.3 is 10.6 Å². The Hall–Kier alpha value is -2.58. The lowest BCUT2D eigenvalue weighted by molar-refractivity contribution is -0.137. The molecule has 0 bridgehead atoms. The van der Waals surface area contributed by atoms with Crippen molar-refractivity contribution in [3.63, 3.8) is 0 Å². The van der Waals surface area contributed by atoms with Crippen molar-refractivity contribution >= 4 is 18.3 Å². The fourth-order valence-electron chi connectivity index (χ4n) is 1.71. The maximum atomic E-state index is 12.5. The summed E-state index contributed by atoms with van der Waals surface area (Å²) in [4.78, 5) is 24.7. The highest BCUT2D eigenvalue weighted by Crippen LogP contribution is 2.28. The molecule has 0 radical (unpaired) electrons. The van der Waals surface area contributed by atoms with Crippen LogP contribution in [0, 0.1) is 0 Å². The predicted octanol–water partition coefficient (Wildman–Crippen LogP) is 2.88. The van der Waals surface area contributed by atoms with Crippen LogP contribution in [0.2, 0.25) is 0 Å². The molecule has 6 nitrogen and oxygen atoms in total. The molecule has 0 heterocycles. The molecule has 0 fully saturated rings. The van der Waals surface area contributed by atoms with E-state index in [0.29, 0.717) is 18.1 Å². The van der Waals surface area contributed by atoms with Gasteiger partial charge in [-0.25, -0.2) is 9.59 Å². The van der Waals surface area contributed by atoms with Gasteiger partial charge in [-0.1, -0.05) is 12.1 Å². The molecule has 0 aromatic heterocycles. The predicted molar refractivity (Wildman–Crippen MR) is 78.8 cm³/mol. The summed E-state index contributed by atoms with van der Waals surface area (Å²) in [7, 11) is 0. The number of alkyl halides is 3. The van der Waals surface area contributed by atoms with E-state index in [1.807, 2.05) is 0 Å². The zero-order valence-electron chi connectivity index (χ0n) is 12.7. The summed E-state index contributed by atoms with van der Waals surface area (Å²) in [6.07, 6.45) is -3.35. The zero-order valence-corrected chi connectivity index (χ0v) is 12.7. The van der Waals surface area contributed by atoms with E-state index in [0.717, 1.165) is 18.3 Å². The smallest absolute Gasteiger partial charge is 0.350 e. The number of nitrogens with zero attached hydrogens (tertiary/aromatic N) is 3. The maximum Gasteiger partial charge on any atom is 0.416 e. The maximum absolute atomic E-state index is 12.5. The Morgan fingerprint density at radius 1 is 1.17 bits per heavy atom. The van der Waals surface area contributed by atoms with Crippen molar-refractivity contribution in [1.82, 2.24) is 9.91 Å². The van der Waals surface area contributed by atoms with Crippen LogP contribution in [0.1, 0.15) is 25.0 Å². The molecule has 0 saturated carbocycles. The summed E-state index contributed by atoms with van der Waals surface area (Å²) < 4.78 is 37.4. The Bertz CT molecular complexity index is 581. The van der Waals surface area contributed by atoms with Crippen LogP contribution in [0.25, 0.3) is 0 Å². The molecular formula is C14H17F3N4O2. The van der Waals surface area contributed by atoms with Gasteiger partial charge >= 0.3 is 18.2 Å². The van der Waals surface area contributed by atoms with E-state index >= 15 is 0 Å². The van der Waals surface area contributed by atoms with E-state index in [4.69, 9.17) is 5.73 Å². The summed E-state index contributed by atoms with van der Waals surface area (Å²) in [6, 6.07) is 2.32. The lowest BCUT2D eigenvalue weighted by Gasteiger charge is -2.22. The molecule has 4 amide bonds. The third-order valence-electron chi connectivity index (χ3n) is 2.98. The van der Waals surface area contributed by atoms with Crippen molar-refractivity contribution in [2.24, 2.45) is 10.8 Å². The van der Waals surface area contributed by atoms with Crippen molar-refractivity contribution in [3.05, 3.63) is 35.4 Å². The number of halogens is 3. The van der Waals surface area contributed by atoms with Gasteiger partial charge in [0.2, 0.25) is 0 Å². The minimum atomic E-state index is -4.44. The van der Waals surface area contributed by atoms with Gasteiger partial charge in [0.15, 0.2) is 0 Å². The number of imide groups is 1. The SMILES string of the molecule is CCN(CC)C(=O)N(N=Cc1ccc(C(F)(F)F)cc1)C(N)=O. The average molecular weight is 330 g/mol. The van der Waals surface area contributed by atoms with Crippen LogP contribution in [-0.2, 0) is 6.18 Å². The van der Waals surface area contributed by atoms with Gasteiger partial charge in [-0.2, -0.15) is 18.3 Å². The van der Waals surface area contributed by atoms with Crippen LogP contribution < -0.4 is 5.73 Å². The number of carbonyl (C=O) groups is 2. The van der Waals surface area contributed by atoms with Crippen molar-refractivity contribution in [1.29, 1.82) is 0 Å². The highest BCUT2D eigenvalue weighted by atomic mass is 19.4. The molecule has 23 heavy (non-hydrogen) atoms. The van der Waals surface area contributed by atoms with E-state index in [2.05, 4.69) is 5.10 Å². The molecule has 2 N–H and O–H groups in total. The molecule has 1 aromatic rings. The van der Waals surface area contributed by atoms with Crippen molar-refractivity contribution in [2.75, 3.05) is 13.1 Å². The number of urea groups is 2. The number of hydrogen-bond acceptors (Lipinski definition) is 3. The normalized spacial score (nSPS) is 11.5. The van der Waals surface area contributed by atoms with Gasteiger partial charge in [0, 0.05) is 13.1 Å². The first-order valence-electron chi connectivity index (χ1n) is 6.80. The second kappa shape index (κ2) is 7.61. The Labute approximate surface area is 131 Å². The third kappa shape index (κ3) is 4.97. The summed E-state index contributed by atoms with van der Waals surface area (Å²) in [6.45, 7) is 4.16. The molecule has 0 saturated heterocycles. The lowest BCUT2D eigenvalue weighted by atomic mass is 10.1. The summed E-state index contributed by atoms with van der Waals surface area (Å²) in [5.74, 6) is 0. The molecule has 0 aliphatic rings. The van der Waals surface area contributed by atoms with Crippen LogP contribution >= 0.6 is 0 Å². The van der Waals surface area contributed by atoms with Gasteiger partial charge in [-0.05, 0) is 31.5 Å². The molecule has 0 spiro atoms. The quantitative estimate of drug-likeness (QED) is 0.680. The third-order valence-corrected chi connectivity index (χ3v) is 2.98. The topological polar surface area (TPSA) is 79.0 Å². The Morgan fingerprint density at radius 3 is 2.09 bits per heavy atom. The van der Waals surface area contributed by atoms with Crippen molar-refractivity contribution in [3.8, 4) is 0 Å². The Morgan fingerprint density at radius 2 is 1.70 bits per heavy atom. The summed E-state index contributed by atoms with van der Waals surface area (Å²) in [5, 5.41) is 4.13. The minimum Gasteiger partial charge on any atom is -0.350 e. The molecule has 1 aromatic carbocycles. The van der Waals surface area contributed by atoms with Crippen LogP contribution in [0.15, 0.2) is 29.4 Å². The van der Waals surface area contributed by atoms with Gasteiger partial charge in [0.25, 0.3) is 0 Å². The number of hydrogen-bond donors (Lipinski definition) is 1. The Balaban J connectivity index is 2.94. The summed E-state index contributed by atoms with van der Waals surface area (Å²) >= 11 is 0. The van der Waals surface area contributed by atoms with Crippen molar-refractivity contribution in [2.45, 2.75) is 20.0 Å². The molecule has 0 atom stereocenters. The standard InChI is InChI=1S/C14H17F3N4O2/c1-3-20(4-2)13(23)21(12(18)22)19-9-10-5-7-11(8-6-10)14(15,16)17/h5-9H,3-4H2,1-2H3,(H2,18,22). The summed E-state index contributed by atoms with van der Waals surface area (Å²) in [5.41, 5.74) is 4.59. The first kappa shape index (κ1) is 18.5. The molecule has 0 aliphatic carbocycles. The lowest BCUT2D eigenvalue weighted by Crippen LogP contribution is -2.45. The van der Waals surface area contributed by atoms with Gasteiger partial charge in [-0.15, -0.1) is 5.01 Å². The largest absolute Gasteiger partial charge is 0.416 e. The molecule has 1 rings (SSSR count). The number of hydrazone groups is 1. The number of rotatable bonds is 4. The second-order valence-corrected chi connectivity index (χ2v) is 4.47. The van der Waals surface area contributed by atoms with E-state index in [9.17, 15) is 22.8 Å². The van der Waals surface area contributed by atoms with Gasteiger partial charge in [0.05, 0.1) is 11.8 Å². The monoisotopic (exact) mass is 330 g/mol. The highest BCUT2D eigenvalue weighted by molar-refractivity contribution is 5.94. The second-order valence-electron chi connectivity index (χ2n) is 4.47. The highest BCUT2D eigenvalue weighted by Gasteiger charge is 2.29. The average Bonchev–Trinajstić information content (AvgIpc) is 2.48. The fraction of sp³-hybridized carbons (Fsp3) is 0.357. The van der Waals surface area contributed by atoms with E-state index < -0.39 is 23.8 Å². The molecule has 0 unspecified atom stereocenters. The van der Waals surface area contributed by atoms with Crippen LogP contribution in [0.3, 0.4) is 0 Å². The zero-order chi connectivity index (χ0) is 17.6. The molecule has 0 aliphatic heterocycles. The number of amides is 4. The Kier molecular flexibility index (Phi) is 6.11. The first-order chi connectivity index (χ1) is 10.7. The van der Waals surface area contributed by atoms with Gasteiger partial charge in [-0.3, -0.25) is 0 Å². The van der Waals surface area contributed by atoms with E-state index in [-0.39, 0.29) is 5.56 Å². The van der Waals surface area contributed by atoms with Crippen LogP contribution in [-0.4, -0.2) is 41.3 Å². The first-order valence-corrected chi connectivity index (χ1v) is 6.80. The minimum absolute atomic E-state index is 0.289. The van der Waals surface area contributed by atoms with E-state index in [1.54, 1.807) is 13.8 Å².